The van der Waals surface area contributed by atoms with Gasteiger partial charge in [-0.2, -0.15) is 0 Å². The monoisotopic (exact) mass is 387 g/mol. The molecular weight excluding hydrogens is 358 g/mol. The lowest BCUT2D eigenvalue weighted by atomic mass is 9.88. The molecule has 28 heavy (non-hydrogen) atoms. The highest BCUT2D eigenvalue weighted by Gasteiger charge is 2.34. The summed E-state index contributed by atoms with van der Waals surface area (Å²) in [5.41, 5.74) is 9.12. The highest BCUT2D eigenvalue weighted by Crippen LogP contribution is 2.45. The first-order valence-electron chi connectivity index (χ1n) is 10.7. The number of benzene rings is 2. The summed E-state index contributed by atoms with van der Waals surface area (Å²) in [4.78, 5) is 6.04. The lowest BCUT2D eigenvalue weighted by Gasteiger charge is -2.37. The Morgan fingerprint density at radius 2 is 1.75 bits per heavy atom. The van der Waals surface area contributed by atoms with E-state index in [1.165, 1.54) is 54.4 Å². The molecule has 2 heteroatoms. The fourth-order valence-corrected chi connectivity index (χ4v) is 6.66. The summed E-state index contributed by atoms with van der Waals surface area (Å²) in [7, 11) is 0. The molecule has 1 aliphatic heterocycles. The molecule has 2 aromatic carbocycles. The molecule has 0 N–H and O–H groups in total. The molecule has 5 rings (SSSR count). The summed E-state index contributed by atoms with van der Waals surface area (Å²) in [6.07, 6.45) is 6.56. The van der Waals surface area contributed by atoms with Crippen molar-refractivity contribution in [3.63, 3.8) is 0 Å². The standard InChI is InChI=1S/C26H29NS/c1-18-12-13-19(2)21(16-18)17-27-15-14-23-22-10-6-7-11-24(22)28-26(23)25(27)20-8-4-3-5-9-20/h3-5,8-9,12-13,16,25H,6-7,10-11,14-15,17H2,1-2H3/t25-/m1/s1. The lowest BCUT2D eigenvalue weighted by Crippen LogP contribution is -2.35. The summed E-state index contributed by atoms with van der Waals surface area (Å²) in [6.45, 7) is 6.66. The fraction of sp³-hybridized carbons (Fsp3) is 0.385. The number of hydrogen-bond donors (Lipinski definition) is 0. The van der Waals surface area contributed by atoms with Crippen LogP contribution in [0.2, 0.25) is 0 Å². The molecule has 1 aliphatic carbocycles. The Kier molecular flexibility index (Phi) is 4.86. The van der Waals surface area contributed by atoms with Crippen LogP contribution in [0.15, 0.2) is 48.5 Å². The molecule has 3 aromatic rings. The van der Waals surface area contributed by atoms with E-state index in [0.29, 0.717) is 6.04 Å². The zero-order chi connectivity index (χ0) is 19.1. The van der Waals surface area contributed by atoms with Gasteiger partial charge in [0, 0.05) is 22.8 Å². The van der Waals surface area contributed by atoms with Gasteiger partial charge in [-0.25, -0.2) is 0 Å². The molecule has 1 atom stereocenters. The first-order chi connectivity index (χ1) is 13.7. The number of aryl methyl sites for hydroxylation is 3. The SMILES string of the molecule is Cc1ccc(C)c(CN2CCc3c(sc4c3CCCC4)[C@H]2c2ccccc2)c1. The van der Waals surface area contributed by atoms with Crippen LogP contribution in [0.25, 0.3) is 0 Å². The predicted octanol–water partition coefficient (Wildman–Crippen LogP) is 6.39. The minimum atomic E-state index is 0.403. The lowest BCUT2D eigenvalue weighted by molar-refractivity contribution is 0.207. The van der Waals surface area contributed by atoms with Crippen molar-refractivity contribution in [2.75, 3.05) is 6.54 Å². The molecule has 0 unspecified atom stereocenters. The third kappa shape index (κ3) is 3.23. The first kappa shape index (κ1) is 18.1. The van der Waals surface area contributed by atoms with Crippen molar-refractivity contribution in [2.45, 2.75) is 58.5 Å². The number of nitrogens with zero attached hydrogens (tertiary/aromatic N) is 1. The van der Waals surface area contributed by atoms with Crippen LogP contribution in [0, 0.1) is 13.8 Å². The van der Waals surface area contributed by atoms with Crippen LogP contribution in [0.3, 0.4) is 0 Å². The quantitative estimate of drug-likeness (QED) is 0.503. The van der Waals surface area contributed by atoms with Crippen LogP contribution >= 0.6 is 11.3 Å². The Labute approximate surface area is 173 Å². The Morgan fingerprint density at radius 1 is 0.929 bits per heavy atom. The van der Waals surface area contributed by atoms with Gasteiger partial charge in [-0.3, -0.25) is 4.90 Å². The first-order valence-corrected chi connectivity index (χ1v) is 11.5. The summed E-state index contributed by atoms with van der Waals surface area (Å²) >= 11 is 2.12. The van der Waals surface area contributed by atoms with Crippen LogP contribution < -0.4 is 0 Å². The van der Waals surface area contributed by atoms with E-state index in [9.17, 15) is 0 Å². The molecule has 1 nitrogen and oxygen atoms in total. The summed E-state index contributed by atoms with van der Waals surface area (Å²) in [6, 6.07) is 18.5. The van der Waals surface area contributed by atoms with E-state index in [0.717, 1.165) is 13.1 Å². The molecule has 2 aliphatic rings. The smallest absolute Gasteiger partial charge is 0.0702 e. The molecule has 2 heterocycles. The molecule has 0 saturated carbocycles. The third-order valence-corrected chi connectivity index (χ3v) is 7.95. The molecular formula is C26H29NS. The van der Waals surface area contributed by atoms with E-state index in [1.54, 1.807) is 20.9 Å². The molecule has 0 radical (unpaired) electrons. The number of hydrogen-bond acceptors (Lipinski definition) is 2. The molecule has 0 bridgehead atoms. The minimum absolute atomic E-state index is 0.403. The third-order valence-electron chi connectivity index (χ3n) is 6.57. The van der Waals surface area contributed by atoms with E-state index in [2.05, 4.69) is 78.6 Å². The van der Waals surface area contributed by atoms with Crippen molar-refractivity contribution in [3.8, 4) is 0 Å². The summed E-state index contributed by atoms with van der Waals surface area (Å²) in [5, 5.41) is 0. The fourth-order valence-electron chi connectivity index (χ4n) is 5.06. The Hall–Kier alpha value is -1.90. The van der Waals surface area contributed by atoms with Gasteiger partial charge in [0.05, 0.1) is 6.04 Å². The van der Waals surface area contributed by atoms with Crippen molar-refractivity contribution in [3.05, 3.63) is 91.7 Å². The second-order valence-electron chi connectivity index (χ2n) is 8.52. The second kappa shape index (κ2) is 7.50. The topological polar surface area (TPSA) is 3.24 Å². The van der Waals surface area contributed by atoms with E-state index in [-0.39, 0.29) is 0 Å². The maximum absolute atomic E-state index is 2.72. The van der Waals surface area contributed by atoms with Gasteiger partial charge in [0.1, 0.15) is 0 Å². The van der Waals surface area contributed by atoms with E-state index in [4.69, 9.17) is 0 Å². The number of thiophene rings is 1. The van der Waals surface area contributed by atoms with Gasteiger partial charge >= 0.3 is 0 Å². The van der Waals surface area contributed by atoms with Crippen LogP contribution in [0.1, 0.15) is 62.0 Å². The van der Waals surface area contributed by atoms with E-state index < -0.39 is 0 Å². The highest BCUT2D eigenvalue weighted by molar-refractivity contribution is 7.12. The van der Waals surface area contributed by atoms with Crippen molar-refractivity contribution in [1.29, 1.82) is 0 Å². The normalized spacial score (nSPS) is 19.3. The van der Waals surface area contributed by atoms with Gasteiger partial charge in [-0.15, -0.1) is 11.3 Å². The zero-order valence-corrected chi connectivity index (χ0v) is 17.8. The Balaban J connectivity index is 1.58. The maximum atomic E-state index is 2.72. The molecule has 0 spiro atoms. The van der Waals surface area contributed by atoms with Gasteiger partial charge in [0.15, 0.2) is 0 Å². The maximum Gasteiger partial charge on any atom is 0.0702 e. The van der Waals surface area contributed by atoms with Gasteiger partial charge in [0.25, 0.3) is 0 Å². The molecule has 0 saturated heterocycles. The van der Waals surface area contributed by atoms with Gasteiger partial charge in [-0.05, 0) is 73.8 Å². The van der Waals surface area contributed by atoms with Gasteiger partial charge in [-0.1, -0.05) is 54.1 Å². The van der Waals surface area contributed by atoms with Crippen LogP contribution in [-0.4, -0.2) is 11.4 Å². The largest absolute Gasteiger partial charge is 0.287 e. The predicted molar refractivity (Wildman–Crippen MR) is 119 cm³/mol. The van der Waals surface area contributed by atoms with Crippen LogP contribution in [0.4, 0.5) is 0 Å². The zero-order valence-electron chi connectivity index (χ0n) is 17.0. The molecule has 144 valence electrons. The van der Waals surface area contributed by atoms with Gasteiger partial charge < -0.3 is 0 Å². The summed E-state index contributed by atoms with van der Waals surface area (Å²) < 4.78 is 0. The van der Waals surface area contributed by atoms with E-state index in [1.807, 2.05) is 0 Å². The van der Waals surface area contributed by atoms with Gasteiger partial charge in [0.2, 0.25) is 0 Å². The van der Waals surface area contributed by atoms with Crippen molar-refractivity contribution in [2.24, 2.45) is 0 Å². The van der Waals surface area contributed by atoms with Crippen molar-refractivity contribution < 1.29 is 0 Å². The van der Waals surface area contributed by atoms with Crippen LogP contribution in [-0.2, 0) is 25.8 Å². The molecule has 0 fully saturated rings. The average molecular weight is 388 g/mol. The molecule has 1 aromatic heterocycles. The number of rotatable bonds is 3. The highest BCUT2D eigenvalue weighted by atomic mass is 32.1. The summed E-state index contributed by atoms with van der Waals surface area (Å²) in [5.74, 6) is 0. The second-order valence-corrected chi connectivity index (χ2v) is 9.65. The van der Waals surface area contributed by atoms with Crippen molar-refractivity contribution >= 4 is 11.3 Å². The Morgan fingerprint density at radius 3 is 2.61 bits per heavy atom. The number of fused-ring (bicyclic) bond motifs is 3. The van der Waals surface area contributed by atoms with E-state index >= 15 is 0 Å². The minimum Gasteiger partial charge on any atom is -0.287 e. The Bertz CT molecular complexity index is 985. The molecule has 0 amide bonds. The average Bonchev–Trinajstić information content (AvgIpc) is 3.10. The van der Waals surface area contributed by atoms with Crippen molar-refractivity contribution in [1.82, 2.24) is 4.90 Å². The van der Waals surface area contributed by atoms with Crippen LogP contribution in [0.5, 0.6) is 0 Å².